The Hall–Kier alpha value is 0.852. The summed E-state index contributed by atoms with van der Waals surface area (Å²) in [6.45, 7) is 7.31. The Balaban J connectivity index is 0.000000578. The van der Waals surface area contributed by atoms with Crippen LogP contribution in [0.1, 0.15) is 37.7 Å². The molecule has 3 heterocycles. The summed E-state index contributed by atoms with van der Waals surface area (Å²) in [6, 6.07) is 1.82. The van der Waals surface area contributed by atoms with Crippen molar-refractivity contribution in [1.82, 2.24) is 14.9 Å². The molecule has 1 aliphatic heterocycles. The van der Waals surface area contributed by atoms with Crippen LogP contribution in [0.3, 0.4) is 0 Å². The molecule has 0 saturated carbocycles. The first-order chi connectivity index (χ1) is 34.6. The van der Waals surface area contributed by atoms with Gasteiger partial charge in [0.05, 0.1) is 24.2 Å². The number of ether oxygens (including phenoxy) is 1. The molecule has 2 amide bonds. The Morgan fingerprint density at radius 3 is 1.32 bits per heavy atom. The van der Waals surface area contributed by atoms with Gasteiger partial charge in [0.2, 0.25) is 0 Å². The molecule has 2 aromatic heterocycles. The summed E-state index contributed by atoms with van der Waals surface area (Å²) in [4.78, 5) is 36.9. The van der Waals surface area contributed by atoms with E-state index in [4.69, 9.17) is 190 Å². The van der Waals surface area contributed by atoms with Gasteiger partial charge in [-0.05, 0) is 49.2 Å². The lowest BCUT2D eigenvalue weighted by molar-refractivity contribution is 0.0225. The van der Waals surface area contributed by atoms with Crippen LogP contribution >= 0.6 is 27.3 Å². The molecule has 57 heteroatoms. The number of carbonyl (C=O) groups excluding carboxylic acids is 2. The van der Waals surface area contributed by atoms with Gasteiger partial charge in [0.1, 0.15) is 11.3 Å². The van der Waals surface area contributed by atoms with Crippen LogP contribution in [0.2, 0.25) is 0 Å². The molecule has 1 aliphatic rings. The van der Waals surface area contributed by atoms with E-state index in [9.17, 15) is 9.59 Å². The van der Waals surface area contributed by atoms with Crippen LogP contribution in [-0.4, -0.2) is 385 Å². The molecule has 49 radical (unpaired) electrons. The number of pyridine rings is 1. The van der Waals surface area contributed by atoms with E-state index in [-0.39, 0.29) is 12.0 Å². The number of aromatic nitrogens is 2. The molecule has 0 bridgehead atoms. The third-order valence-electron chi connectivity index (χ3n) is 13.5. The third-order valence-corrected chi connectivity index (χ3v) is 14.9. The Bertz CT molecular complexity index is 1880. The highest BCUT2D eigenvalue weighted by Crippen LogP contribution is 2.29. The molecule has 0 atom stereocenters. The lowest BCUT2D eigenvalue weighted by atomic mass is 8.25. The van der Waals surface area contributed by atoms with Gasteiger partial charge < -0.3 is 15.0 Å². The molecular weight excluding hydrogens is 954 g/mol. The maximum absolute atomic E-state index is 12.5. The molecule has 0 aromatic carbocycles. The largest absolute Gasteiger partial charge is 0.444 e. The first kappa shape index (κ1) is 72.0. The number of hydrogen-bond donors (Lipinski definition) is 1. The second-order valence-corrected chi connectivity index (χ2v) is 22.4. The number of hydrogen-bond acceptors (Lipinski definition) is 7. The summed E-state index contributed by atoms with van der Waals surface area (Å²) >= 11 is 4.61. The van der Waals surface area contributed by atoms with Crippen molar-refractivity contribution in [1.29, 1.82) is 0 Å². The van der Waals surface area contributed by atoms with Gasteiger partial charge in [0.15, 0.2) is 3.92 Å². The Labute approximate surface area is 505 Å². The van der Waals surface area contributed by atoms with Crippen LogP contribution < -0.4 is 10.2 Å². The van der Waals surface area contributed by atoms with E-state index in [0.717, 1.165) is 25.7 Å². The summed E-state index contributed by atoms with van der Waals surface area (Å²) < 4.78 is 6.13. The van der Waals surface area contributed by atoms with Gasteiger partial charge in [0, 0.05) is 358 Å². The monoisotopic (exact) mass is 985 g/mol. The van der Waals surface area contributed by atoms with E-state index in [0.29, 0.717) is 28.5 Å². The van der Waals surface area contributed by atoms with E-state index < -0.39 is 146 Å². The van der Waals surface area contributed by atoms with Gasteiger partial charge in [0.25, 0.3) is 5.91 Å². The maximum Gasteiger partial charge on any atom is 0.411 e. The number of nitrogens with one attached hydrogen (secondary N) is 1. The second-order valence-electron chi connectivity index (χ2n) is 20.2. The zero-order chi connectivity index (χ0) is 57.7. The summed E-state index contributed by atoms with van der Waals surface area (Å²) in [6.07, 6.45) is -23.2. The Morgan fingerprint density at radius 2 is 0.987 bits per heavy atom. The van der Waals surface area contributed by atoms with Crippen molar-refractivity contribution >= 4 is 384 Å². The minimum atomic E-state index is -1.30. The first-order valence-corrected chi connectivity index (χ1v) is 25.8. The van der Waals surface area contributed by atoms with E-state index >= 15 is 0 Å². The summed E-state index contributed by atoms with van der Waals surface area (Å²) in [5.41, 5.74) is 1.16. The van der Waals surface area contributed by atoms with Crippen LogP contribution in [0.25, 0.3) is 0 Å². The first-order valence-electron chi connectivity index (χ1n) is 24.2. The van der Waals surface area contributed by atoms with Gasteiger partial charge in [-0.25, -0.2) is 9.78 Å². The van der Waals surface area contributed by atoms with Crippen LogP contribution in [0.5, 0.6) is 0 Å². The van der Waals surface area contributed by atoms with Gasteiger partial charge >= 0.3 is 6.09 Å². The minimum absolute atomic E-state index is 0.308. The molecule has 8 nitrogen and oxygen atoms in total. The van der Waals surface area contributed by atoms with Gasteiger partial charge in [-0.1, -0.05) is 0 Å². The van der Waals surface area contributed by atoms with E-state index in [1.54, 1.807) is 22.7 Å². The number of rotatable bonds is 25. The van der Waals surface area contributed by atoms with E-state index in [2.05, 4.69) is 31.2 Å². The molecular formula is C18H22B47BrN5O3S. The second kappa shape index (κ2) is 33.2. The molecule has 2 aromatic rings. The SMILES string of the molecule is CC(C)(C)OC(=O)N1CCCN(c2ccncc2NC(=O)c2csc(Br)n2)C1.[B][B]B([B])B(B([B])[B])B(B(B([B])[B])B([B])[B])B(B(B(B([B])[B])B([B])[B])B(B([B])[B])B([B])[B])B(B(B([B])[B])B([B])[B])B(B([B])[B])B([B])[B]. The van der Waals surface area contributed by atoms with Crippen LogP contribution in [0, 0.1) is 0 Å². The number of carbonyl (C=O) groups is 2. The fourth-order valence-corrected chi connectivity index (χ4v) is 11.6. The lowest BCUT2D eigenvalue weighted by Gasteiger charge is -2.56. The number of thiazole rings is 1. The molecule has 3 rings (SSSR count). The molecule has 1 saturated heterocycles. The number of nitrogens with zero attached hydrogens (tertiary/aromatic N) is 4. The average molecular weight is 977 g/mol. The minimum Gasteiger partial charge on any atom is -0.444 e. The van der Waals surface area contributed by atoms with Crippen LogP contribution in [0.15, 0.2) is 27.8 Å². The lowest BCUT2D eigenvalue weighted by Crippen LogP contribution is -2.94. The Kier molecular flexibility index (Phi) is 31.9. The molecule has 1 N–H and O–H groups in total. The van der Waals surface area contributed by atoms with E-state index in [1.807, 2.05) is 31.7 Å². The predicted molar refractivity (Wildman–Crippen MR) is 382 cm³/mol. The van der Waals surface area contributed by atoms with Crippen molar-refractivity contribution in [2.75, 3.05) is 30.0 Å². The van der Waals surface area contributed by atoms with Crippen molar-refractivity contribution in [2.45, 2.75) is 32.8 Å². The molecule has 291 valence electrons. The summed E-state index contributed by atoms with van der Waals surface area (Å²) in [5, 5.41) is 4.55. The smallest absolute Gasteiger partial charge is 0.411 e. The van der Waals surface area contributed by atoms with Crippen molar-refractivity contribution in [3.05, 3.63) is 33.5 Å². The maximum atomic E-state index is 12.5. The normalized spacial score (nSPS) is 11.5. The van der Waals surface area contributed by atoms with Crippen LogP contribution in [0.4, 0.5) is 16.2 Å². The summed E-state index contributed by atoms with van der Waals surface area (Å²) in [5.74, 6) is -0.308. The fraction of sp³-hybridized carbons (Fsp3) is 0.444. The zero-order valence-corrected chi connectivity index (χ0v) is 45.5. The molecule has 0 unspecified atom stereocenters. The predicted octanol–water partition coefficient (Wildman–Crippen LogP) is -13.9. The highest BCUT2D eigenvalue weighted by Gasteiger charge is 2.59. The molecule has 0 spiro atoms. The number of halogens is 1. The number of anilines is 2. The van der Waals surface area contributed by atoms with Crippen LogP contribution in [-0.2, 0) is 4.74 Å². The highest BCUT2D eigenvalue weighted by molar-refractivity contribution is 9.11. The zero-order valence-electron chi connectivity index (χ0n) is 43.1. The van der Waals surface area contributed by atoms with E-state index in [1.165, 1.54) is 11.3 Å². The topological polar surface area (TPSA) is 87.7 Å². The molecule has 75 heavy (non-hydrogen) atoms. The van der Waals surface area contributed by atoms with Crippen molar-refractivity contribution in [3.63, 3.8) is 0 Å². The number of amides is 2. The average Bonchev–Trinajstić information content (AvgIpc) is 3.71. The summed E-state index contributed by atoms with van der Waals surface area (Å²) in [7, 11) is 154. The molecule has 0 aliphatic carbocycles. The van der Waals surface area contributed by atoms with Gasteiger partial charge in [-0.3, -0.25) is 14.7 Å². The molecule has 1 fully saturated rings. The fourth-order valence-electron chi connectivity index (χ4n) is 10.6. The highest BCUT2D eigenvalue weighted by atomic mass is 79.9. The van der Waals surface area contributed by atoms with Crippen molar-refractivity contribution < 1.29 is 14.3 Å². The van der Waals surface area contributed by atoms with Crippen molar-refractivity contribution in [2.24, 2.45) is 0 Å². The quantitative estimate of drug-likeness (QED) is 0.0998. The Morgan fingerprint density at radius 1 is 0.613 bits per heavy atom. The van der Waals surface area contributed by atoms with Gasteiger partial charge in [-0.2, -0.15) is 0 Å². The van der Waals surface area contributed by atoms with Gasteiger partial charge in [-0.15, -0.1) is 11.3 Å². The standard InChI is InChI=1S/C18H22BrN5O3S.B47/c1-18(2,3)27-17(26)24-8-4-7-23(11-24)14-5-6-20-9-12(14)21-15(25)13-10-28-16(19)22-13;1-25-37(24)43(36(22)23)46(42(34(18)19)35(20)21)47(44(38(26(2)3)27(4)5)39(28(6)7)29(8)9)45(40(30(10)11)31(12)13)41(32(14)15)33(16)17/h5-6,9-10H,4,7-8,11H2,1-3H3,(H,21,25);. The third kappa shape index (κ3) is 20.9. The van der Waals surface area contributed by atoms with Crippen molar-refractivity contribution in [3.8, 4) is 0 Å².